The second-order valence-corrected chi connectivity index (χ2v) is 5.95. The van der Waals surface area contributed by atoms with E-state index >= 15 is 0 Å². The van der Waals surface area contributed by atoms with E-state index in [4.69, 9.17) is 27.9 Å². The molecule has 1 N–H and O–H groups in total. The molecule has 2 aromatic rings. The highest BCUT2D eigenvalue weighted by atomic mass is 35.5. The first kappa shape index (κ1) is 18.3. The summed E-state index contributed by atoms with van der Waals surface area (Å²) in [6, 6.07) is 14.0. The van der Waals surface area contributed by atoms with E-state index in [1.165, 1.54) is 6.07 Å². The largest absolute Gasteiger partial charge is 0.465 e. The monoisotopic (exact) mass is 365 g/mol. The van der Waals surface area contributed by atoms with Crippen LogP contribution in [0.5, 0.6) is 0 Å². The van der Waals surface area contributed by atoms with Crippen molar-refractivity contribution in [1.29, 1.82) is 0 Å². The van der Waals surface area contributed by atoms with Crippen LogP contribution in [0.3, 0.4) is 0 Å². The number of hydrogen-bond acceptors (Lipinski definition) is 3. The molecular weight excluding hydrogens is 349 g/mol. The lowest BCUT2D eigenvalue weighted by molar-refractivity contribution is -0.150. The van der Waals surface area contributed by atoms with Crippen molar-refractivity contribution in [2.75, 3.05) is 11.9 Å². The fourth-order valence-electron chi connectivity index (χ4n) is 2.19. The van der Waals surface area contributed by atoms with Gasteiger partial charge < -0.3 is 10.1 Å². The molecule has 2 rings (SSSR count). The first-order valence-corrected chi connectivity index (χ1v) is 8.23. The molecule has 6 heteroatoms. The van der Waals surface area contributed by atoms with E-state index in [9.17, 15) is 9.59 Å². The molecule has 0 heterocycles. The Hall–Kier alpha value is -2.04. The average molecular weight is 366 g/mol. The second-order valence-electron chi connectivity index (χ2n) is 5.11. The highest BCUT2D eigenvalue weighted by Crippen LogP contribution is 2.26. The number of carbonyl (C=O) groups is 2. The molecule has 0 fully saturated rings. The fourth-order valence-corrected chi connectivity index (χ4v) is 2.64. The van der Waals surface area contributed by atoms with Crippen LogP contribution in [0.4, 0.5) is 5.69 Å². The lowest BCUT2D eigenvalue weighted by atomic mass is 9.98. The van der Waals surface area contributed by atoms with Crippen LogP contribution >= 0.6 is 23.2 Å². The number of rotatable bonds is 6. The molecule has 0 aromatic heterocycles. The second kappa shape index (κ2) is 8.71. The molecule has 0 aliphatic heterocycles. The van der Waals surface area contributed by atoms with Crippen LogP contribution in [0, 0.1) is 5.92 Å². The van der Waals surface area contributed by atoms with E-state index in [1.54, 1.807) is 19.1 Å². The first-order chi connectivity index (χ1) is 11.5. The smallest absolute Gasteiger partial charge is 0.318 e. The molecule has 4 nitrogen and oxygen atoms in total. The Balaban J connectivity index is 2.18. The summed E-state index contributed by atoms with van der Waals surface area (Å²) in [5.74, 6) is -2.00. The summed E-state index contributed by atoms with van der Waals surface area (Å²) in [5, 5.41) is 3.43. The molecule has 0 spiro atoms. The van der Waals surface area contributed by atoms with Crippen LogP contribution in [-0.4, -0.2) is 18.5 Å². The number of amides is 1. The third kappa shape index (κ3) is 4.98. The molecule has 0 aliphatic carbocycles. The minimum absolute atomic E-state index is 0.207. The molecule has 0 radical (unpaired) electrons. The topological polar surface area (TPSA) is 55.4 Å². The Morgan fingerprint density at radius 1 is 1.12 bits per heavy atom. The van der Waals surface area contributed by atoms with Gasteiger partial charge in [0.2, 0.25) is 5.91 Å². The van der Waals surface area contributed by atoms with Crippen molar-refractivity contribution >= 4 is 40.8 Å². The summed E-state index contributed by atoms with van der Waals surface area (Å²) >= 11 is 11.9. The summed E-state index contributed by atoms with van der Waals surface area (Å²) in [6.45, 7) is 1.91. The van der Waals surface area contributed by atoms with Gasteiger partial charge in [0.15, 0.2) is 0 Å². The molecular formula is C18H17Cl2NO3. The molecule has 0 unspecified atom stereocenters. The first-order valence-electron chi connectivity index (χ1n) is 7.47. The zero-order valence-electron chi connectivity index (χ0n) is 13.1. The van der Waals surface area contributed by atoms with Crippen LogP contribution in [0.25, 0.3) is 0 Å². The normalized spacial score (nSPS) is 11.6. The minimum atomic E-state index is -0.959. The Morgan fingerprint density at radius 3 is 2.46 bits per heavy atom. The third-order valence-corrected chi connectivity index (χ3v) is 3.91. The molecule has 0 aliphatic rings. The molecule has 24 heavy (non-hydrogen) atoms. The van der Waals surface area contributed by atoms with Crippen LogP contribution < -0.4 is 5.32 Å². The van der Waals surface area contributed by atoms with Gasteiger partial charge >= 0.3 is 5.97 Å². The number of benzene rings is 2. The van der Waals surface area contributed by atoms with Gasteiger partial charge in [-0.05, 0) is 37.1 Å². The summed E-state index contributed by atoms with van der Waals surface area (Å²) in [5.41, 5.74) is 1.27. The van der Waals surface area contributed by atoms with Gasteiger partial charge in [-0.25, -0.2) is 0 Å². The highest BCUT2D eigenvalue weighted by Gasteiger charge is 2.28. The summed E-state index contributed by atoms with van der Waals surface area (Å²) in [6.07, 6.45) is 0.247. The van der Waals surface area contributed by atoms with Crippen molar-refractivity contribution in [2.24, 2.45) is 5.92 Å². The molecule has 0 saturated carbocycles. The van der Waals surface area contributed by atoms with Gasteiger partial charge in [0.25, 0.3) is 0 Å². The van der Waals surface area contributed by atoms with Crippen molar-refractivity contribution in [3.05, 3.63) is 64.1 Å². The number of halogens is 2. The van der Waals surface area contributed by atoms with Gasteiger partial charge in [0.05, 0.1) is 17.3 Å². The maximum Gasteiger partial charge on any atom is 0.318 e. The minimum Gasteiger partial charge on any atom is -0.465 e. The Labute approximate surface area is 150 Å². The van der Waals surface area contributed by atoms with Gasteiger partial charge in [-0.15, -0.1) is 0 Å². The number of esters is 1. The highest BCUT2D eigenvalue weighted by molar-refractivity contribution is 6.36. The standard InChI is InChI=1S/C18H17Cl2NO3/c1-2-24-18(23)14(10-12-6-4-3-5-7-12)17(22)21-16-9-8-13(19)11-15(16)20/h3-9,11,14H,2,10H2,1H3,(H,21,22)/t14-/m0/s1. The quantitative estimate of drug-likeness (QED) is 0.611. The Kier molecular flexibility index (Phi) is 6.64. The van der Waals surface area contributed by atoms with Gasteiger partial charge in [-0.2, -0.15) is 0 Å². The maximum atomic E-state index is 12.6. The molecule has 126 valence electrons. The average Bonchev–Trinajstić information content (AvgIpc) is 2.56. The van der Waals surface area contributed by atoms with E-state index < -0.39 is 17.8 Å². The SMILES string of the molecule is CCOC(=O)[C@@H](Cc1ccccc1)C(=O)Nc1ccc(Cl)cc1Cl. The molecule has 1 amide bonds. The van der Waals surface area contributed by atoms with Gasteiger partial charge in [-0.3, -0.25) is 9.59 Å². The fraction of sp³-hybridized carbons (Fsp3) is 0.222. The van der Waals surface area contributed by atoms with E-state index in [0.717, 1.165) is 5.56 Å². The summed E-state index contributed by atoms with van der Waals surface area (Å²) < 4.78 is 5.03. The van der Waals surface area contributed by atoms with Crippen molar-refractivity contribution in [2.45, 2.75) is 13.3 Å². The lowest BCUT2D eigenvalue weighted by Crippen LogP contribution is -2.33. The van der Waals surface area contributed by atoms with Gasteiger partial charge in [-0.1, -0.05) is 53.5 Å². The Bertz CT molecular complexity index is 719. The number of carbonyl (C=O) groups excluding carboxylic acids is 2. The van der Waals surface area contributed by atoms with Crippen LogP contribution in [0.15, 0.2) is 48.5 Å². The van der Waals surface area contributed by atoms with Crippen LogP contribution in [0.1, 0.15) is 12.5 Å². The zero-order valence-corrected chi connectivity index (χ0v) is 14.6. The number of hydrogen-bond donors (Lipinski definition) is 1. The van der Waals surface area contributed by atoms with Crippen molar-refractivity contribution in [1.82, 2.24) is 0 Å². The summed E-state index contributed by atoms with van der Waals surface area (Å²) in [7, 11) is 0. The summed E-state index contributed by atoms with van der Waals surface area (Å²) in [4.78, 5) is 24.7. The number of ether oxygens (including phenoxy) is 1. The maximum absolute atomic E-state index is 12.6. The van der Waals surface area contributed by atoms with Crippen molar-refractivity contribution in [3.63, 3.8) is 0 Å². The van der Waals surface area contributed by atoms with E-state index in [-0.39, 0.29) is 13.0 Å². The number of nitrogens with one attached hydrogen (secondary N) is 1. The van der Waals surface area contributed by atoms with Crippen LogP contribution in [0.2, 0.25) is 10.0 Å². The van der Waals surface area contributed by atoms with Gasteiger partial charge in [0, 0.05) is 5.02 Å². The molecule has 0 saturated heterocycles. The molecule has 2 aromatic carbocycles. The third-order valence-electron chi connectivity index (χ3n) is 3.36. The molecule has 1 atom stereocenters. The van der Waals surface area contributed by atoms with Gasteiger partial charge in [0.1, 0.15) is 5.92 Å². The molecule has 0 bridgehead atoms. The van der Waals surface area contributed by atoms with E-state index in [1.807, 2.05) is 30.3 Å². The predicted molar refractivity (Wildman–Crippen MR) is 95.4 cm³/mol. The van der Waals surface area contributed by atoms with Crippen molar-refractivity contribution < 1.29 is 14.3 Å². The van der Waals surface area contributed by atoms with E-state index in [2.05, 4.69) is 5.32 Å². The Morgan fingerprint density at radius 2 is 1.83 bits per heavy atom. The van der Waals surface area contributed by atoms with E-state index in [0.29, 0.717) is 15.7 Å². The zero-order chi connectivity index (χ0) is 17.5. The number of anilines is 1. The van der Waals surface area contributed by atoms with Crippen molar-refractivity contribution in [3.8, 4) is 0 Å². The predicted octanol–water partition coefficient (Wildman–Crippen LogP) is 4.35. The lowest BCUT2D eigenvalue weighted by Gasteiger charge is -2.16. The van der Waals surface area contributed by atoms with Crippen LogP contribution in [-0.2, 0) is 20.7 Å².